The first-order valence-corrected chi connectivity index (χ1v) is 8.15. The van der Waals surface area contributed by atoms with Gasteiger partial charge in [-0.25, -0.2) is 4.79 Å². The molecule has 2 heterocycles. The van der Waals surface area contributed by atoms with Gasteiger partial charge in [0, 0.05) is 18.3 Å². The fourth-order valence-corrected chi connectivity index (χ4v) is 2.95. The van der Waals surface area contributed by atoms with E-state index in [4.69, 9.17) is 9.84 Å². The smallest absolute Gasteiger partial charge is 0.330 e. The molecule has 0 spiro atoms. The average Bonchev–Trinajstić information content (AvgIpc) is 2.88. The number of rotatable bonds is 8. The highest BCUT2D eigenvalue weighted by Crippen LogP contribution is 2.37. The van der Waals surface area contributed by atoms with Gasteiger partial charge >= 0.3 is 17.6 Å². The molecule has 0 aliphatic carbocycles. The molecule has 1 aliphatic rings. The van der Waals surface area contributed by atoms with E-state index in [0.717, 1.165) is 13.3 Å². The molecule has 0 unspecified atom stereocenters. The number of carboxylic acids is 1. The number of carbonyl (C=O) groups excluding carboxylic acids is 1. The lowest BCUT2D eigenvalue weighted by Crippen LogP contribution is -2.53. The van der Waals surface area contributed by atoms with E-state index >= 15 is 0 Å². The molecule has 13 nitrogen and oxygen atoms in total. The van der Waals surface area contributed by atoms with Crippen LogP contribution >= 0.6 is 0 Å². The van der Waals surface area contributed by atoms with Crippen molar-refractivity contribution in [2.24, 2.45) is 0 Å². The number of aromatic amines is 1. The highest BCUT2D eigenvalue weighted by molar-refractivity contribution is 5.70. The first kappa shape index (κ1) is 21.7. The number of ether oxygens (including phenoxy) is 2. The number of carbonyl (C=O) groups is 2. The predicted octanol–water partition coefficient (Wildman–Crippen LogP) is -3.96. The molecule has 0 amide bonds. The molecule has 28 heavy (non-hydrogen) atoms. The van der Waals surface area contributed by atoms with Crippen molar-refractivity contribution >= 4 is 11.9 Å². The fourth-order valence-electron chi connectivity index (χ4n) is 2.95. The number of aliphatic carboxylic acids is 1. The quantitative estimate of drug-likeness (QED) is 0.231. The summed E-state index contributed by atoms with van der Waals surface area (Å²) in [5, 5.41) is 41.1. The van der Waals surface area contributed by atoms with E-state index in [-0.39, 0.29) is 12.1 Å². The Morgan fingerprint density at radius 1 is 1.39 bits per heavy atom. The lowest BCUT2D eigenvalue weighted by molar-refractivity contribution is -0.176. The largest absolute Gasteiger partial charge is 0.480 e. The first-order chi connectivity index (χ1) is 13.2. The number of carboxylic acid groups (broad SMARTS) is 1. The minimum Gasteiger partial charge on any atom is -0.480 e. The molecule has 0 bridgehead atoms. The summed E-state index contributed by atoms with van der Waals surface area (Å²) in [4.78, 5) is 48.8. The maximum atomic E-state index is 12.4. The molecular formula is C15H21N3O10. The third kappa shape index (κ3) is 4.13. The number of nitrogens with one attached hydrogen (secondary N) is 2. The molecule has 1 saturated heterocycles. The monoisotopic (exact) mass is 403 g/mol. The van der Waals surface area contributed by atoms with Crippen molar-refractivity contribution in [3.8, 4) is 0 Å². The van der Waals surface area contributed by atoms with Gasteiger partial charge in [0.25, 0.3) is 5.56 Å². The van der Waals surface area contributed by atoms with E-state index in [1.54, 1.807) is 0 Å². The molecule has 2 rings (SSSR count). The zero-order valence-electron chi connectivity index (χ0n) is 14.8. The lowest BCUT2D eigenvalue weighted by Gasteiger charge is -2.33. The van der Waals surface area contributed by atoms with Gasteiger partial charge in [-0.1, -0.05) is 0 Å². The summed E-state index contributed by atoms with van der Waals surface area (Å²) in [6.45, 7) is -1.43. The van der Waals surface area contributed by atoms with Crippen molar-refractivity contribution in [1.29, 1.82) is 0 Å². The van der Waals surface area contributed by atoms with Gasteiger partial charge in [-0.2, -0.15) is 0 Å². The van der Waals surface area contributed by atoms with Crippen LogP contribution in [0.25, 0.3) is 0 Å². The van der Waals surface area contributed by atoms with Crippen LogP contribution in [0.4, 0.5) is 0 Å². The van der Waals surface area contributed by atoms with Crippen molar-refractivity contribution in [3.05, 3.63) is 32.6 Å². The molecule has 156 valence electrons. The molecule has 0 aromatic carbocycles. The third-order valence-corrected chi connectivity index (χ3v) is 4.34. The number of esters is 1. The Morgan fingerprint density at radius 2 is 2.07 bits per heavy atom. The molecule has 1 aromatic rings. The van der Waals surface area contributed by atoms with Crippen LogP contribution in [0, 0.1) is 0 Å². The number of hydrogen-bond acceptors (Lipinski definition) is 10. The maximum Gasteiger partial charge on any atom is 0.330 e. The molecule has 1 aromatic heterocycles. The highest BCUT2D eigenvalue weighted by Gasteiger charge is 2.57. The predicted molar refractivity (Wildman–Crippen MR) is 89.2 cm³/mol. The summed E-state index contributed by atoms with van der Waals surface area (Å²) in [5.74, 6) is -2.07. The van der Waals surface area contributed by atoms with Crippen molar-refractivity contribution in [3.63, 3.8) is 0 Å². The Balaban J connectivity index is 2.54. The minimum absolute atomic E-state index is 0.0946. The number of H-pyrrole nitrogens is 1. The zero-order valence-corrected chi connectivity index (χ0v) is 14.8. The lowest BCUT2D eigenvalue weighted by atomic mass is 9.99. The summed E-state index contributed by atoms with van der Waals surface area (Å²) in [5.41, 5.74) is -4.13. The Hall–Kier alpha value is -2.58. The summed E-state index contributed by atoms with van der Waals surface area (Å²) >= 11 is 0. The van der Waals surface area contributed by atoms with Crippen LogP contribution < -0.4 is 16.6 Å². The Bertz CT molecular complexity index is 849. The van der Waals surface area contributed by atoms with Crippen molar-refractivity contribution in [2.45, 2.75) is 37.0 Å². The normalized spacial score (nSPS) is 26.9. The van der Waals surface area contributed by atoms with Gasteiger partial charge < -0.3 is 35.2 Å². The SMILES string of the molecule is COC(=O)C[C@@]1(n2cc(CNCC(=O)O)c(=O)[nH]c2=O)O[C@H](CO)[C@@H](O)[C@H]1O. The Labute approximate surface area is 157 Å². The third-order valence-electron chi connectivity index (χ3n) is 4.34. The summed E-state index contributed by atoms with van der Waals surface area (Å²) in [6, 6.07) is 0. The molecule has 1 aliphatic heterocycles. The molecule has 0 radical (unpaired) electrons. The van der Waals surface area contributed by atoms with Crippen molar-refractivity contribution in [2.75, 3.05) is 20.3 Å². The standard InChI is InChI=1S/C15H21N3O10/c1-27-10(22)2-15(12(24)11(23)8(6-19)28-15)18-5-7(3-16-4-9(20)21)13(25)17-14(18)26/h5,8,11-12,16,19,23-24H,2-4,6H2,1H3,(H,20,21)(H,17,25,26)/t8-,11-,12-,15-/m1/s1. The topological polar surface area (TPSA) is 200 Å². The number of aliphatic hydroxyl groups excluding tert-OH is 3. The van der Waals surface area contributed by atoms with E-state index in [9.17, 15) is 34.5 Å². The van der Waals surface area contributed by atoms with Gasteiger partial charge in [-0.05, 0) is 0 Å². The number of hydrogen-bond donors (Lipinski definition) is 6. The molecule has 1 fully saturated rings. The van der Waals surface area contributed by atoms with Crippen LogP contribution in [0.2, 0.25) is 0 Å². The summed E-state index contributed by atoms with van der Waals surface area (Å²) in [7, 11) is 1.06. The van der Waals surface area contributed by atoms with Crippen LogP contribution in [-0.2, 0) is 31.3 Å². The van der Waals surface area contributed by atoms with Crippen LogP contribution in [0.3, 0.4) is 0 Å². The first-order valence-electron chi connectivity index (χ1n) is 8.15. The molecule has 6 N–H and O–H groups in total. The van der Waals surface area contributed by atoms with Crippen LogP contribution in [0.1, 0.15) is 12.0 Å². The summed E-state index contributed by atoms with van der Waals surface area (Å²) < 4.78 is 10.7. The van der Waals surface area contributed by atoms with Crippen molar-refractivity contribution in [1.82, 2.24) is 14.9 Å². The Morgan fingerprint density at radius 3 is 2.61 bits per heavy atom. The van der Waals surface area contributed by atoms with E-state index in [2.05, 4.69) is 10.1 Å². The molecule has 4 atom stereocenters. The van der Waals surface area contributed by atoms with Gasteiger partial charge in [0.05, 0.1) is 26.7 Å². The number of nitrogens with zero attached hydrogens (tertiary/aromatic N) is 1. The molecule has 13 heteroatoms. The fraction of sp³-hybridized carbons (Fsp3) is 0.600. The minimum atomic E-state index is -2.16. The van der Waals surface area contributed by atoms with Crippen LogP contribution in [-0.4, -0.2) is 80.5 Å². The van der Waals surface area contributed by atoms with Gasteiger partial charge in [0.1, 0.15) is 18.3 Å². The second-order valence-corrected chi connectivity index (χ2v) is 6.15. The van der Waals surface area contributed by atoms with E-state index in [1.807, 2.05) is 4.98 Å². The highest BCUT2D eigenvalue weighted by atomic mass is 16.6. The maximum absolute atomic E-state index is 12.4. The van der Waals surface area contributed by atoms with Crippen molar-refractivity contribution < 1.29 is 39.5 Å². The molecule has 0 saturated carbocycles. The second kappa shape index (κ2) is 8.62. The van der Waals surface area contributed by atoms with Gasteiger partial charge in [-0.3, -0.25) is 23.9 Å². The van der Waals surface area contributed by atoms with Gasteiger partial charge in [0.15, 0.2) is 5.72 Å². The van der Waals surface area contributed by atoms with E-state index in [1.165, 1.54) is 0 Å². The number of methoxy groups -OCH3 is 1. The Kier molecular flexibility index (Phi) is 6.69. The van der Waals surface area contributed by atoms with Gasteiger partial charge in [-0.15, -0.1) is 0 Å². The number of aromatic nitrogens is 2. The van der Waals surface area contributed by atoms with E-state index < -0.39 is 66.8 Å². The number of aliphatic hydroxyl groups is 3. The zero-order chi connectivity index (χ0) is 21.1. The van der Waals surface area contributed by atoms with Crippen LogP contribution in [0.5, 0.6) is 0 Å². The van der Waals surface area contributed by atoms with E-state index in [0.29, 0.717) is 4.57 Å². The second-order valence-electron chi connectivity index (χ2n) is 6.15. The van der Waals surface area contributed by atoms with Crippen LogP contribution in [0.15, 0.2) is 15.8 Å². The van der Waals surface area contributed by atoms with Gasteiger partial charge in [0.2, 0.25) is 0 Å². The molecular weight excluding hydrogens is 382 g/mol. The average molecular weight is 403 g/mol. The summed E-state index contributed by atoms with van der Waals surface area (Å²) in [6.07, 6.45) is -4.51.